The standard InChI is InChI=1S/C51H79NO13/c1-30-16-12-11-13-17-31(2)42(61-8)28-38-21-19-36(7)51(60,65-38)48(57)49(58)52-23-15-14-18-39(52)50(59)64-43(33(4)26-37-20-22-40(53)44(27-37)62-9)29-41(54)32(3)25-35(6)46(56)47(63-10)45(55)34(5)24-30/h11-13,16-17,25,30,32-34,36-40,42-44,46-47,53,56,60H,14-15,18-24,26-29H2,1-10H3/b13-11-,16-12-,31-17-,35-25-/t30-,32-,33-,34-,36-,37+,38+,39+,40-,42+,43+,44-,46+,47+,51-/m1/s1. The maximum atomic E-state index is 14.4. The van der Waals surface area contributed by atoms with Gasteiger partial charge in [-0.2, -0.15) is 0 Å². The van der Waals surface area contributed by atoms with Crippen LogP contribution in [-0.4, -0.2) is 132 Å². The molecule has 2 saturated heterocycles. The second-order valence-electron chi connectivity index (χ2n) is 19.6. The largest absolute Gasteiger partial charge is 0.460 e. The van der Waals surface area contributed by atoms with E-state index >= 15 is 0 Å². The van der Waals surface area contributed by atoms with Gasteiger partial charge in [0, 0.05) is 58.5 Å². The number of fused-ring (bicyclic) bond motifs is 3. The molecule has 4 aliphatic rings. The van der Waals surface area contributed by atoms with Crippen molar-refractivity contribution in [2.24, 2.45) is 35.5 Å². The number of ketones is 3. The first-order valence-electron chi connectivity index (χ1n) is 23.9. The summed E-state index contributed by atoms with van der Waals surface area (Å²) in [6.45, 7) is 12.7. The van der Waals surface area contributed by atoms with Gasteiger partial charge in [-0.15, -0.1) is 0 Å². The molecule has 0 aromatic carbocycles. The molecule has 3 fully saturated rings. The Morgan fingerprint density at radius 3 is 2.25 bits per heavy atom. The van der Waals surface area contributed by atoms with Gasteiger partial charge in [-0.05, 0) is 107 Å². The van der Waals surface area contributed by atoms with Crippen molar-refractivity contribution < 1.29 is 63.0 Å². The number of ether oxygens (including phenoxy) is 5. The van der Waals surface area contributed by atoms with Crippen LogP contribution >= 0.6 is 0 Å². The number of piperidine rings is 1. The normalized spacial score (nSPS) is 40.4. The van der Waals surface area contributed by atoms with E-state index in [1.165, 1.54) is 12.0 Å². The predicted octanol–water partition coefficient (Wildman–Crippen LogP) is 6.18. The molecule has 366 valence electrons. The van der Waals surface area contributed by atoms with Gasteiger partial charge in [0.1, 0.15) is 30.1 Å². The van der Waals surface area contributed by atoms with Gasteiger partial charge >= 0.3 is 5.97 Å². The molecule has 0 radical (unpaired) electrons. The monoisotopic (exact) mass is 914 g/mol. The minimum atomic E-state index is -2.43. The van der Waals surface area contributed by atoms with Gasteiger partial charge in [0.2, 0.25) is 5.79 Å². The van der Waals surface area contributed by atoms with E-state index in [0.717, 1.165) is 12.0 Å². The molecule has 0 aromatic heterocycles. The van der Waals surface area contributed by atoms with E-state index < -0.39 is 83.9 Å². The SMILES string of the molecule is CO[C@H]1C[C@@H]2CC[C@@H](C)[C@@](O)(O2)C(=O)C(=O)N2CCCC[C@H]2C(=O)O[C@H]([C@H](C)C[C@@H]2CC[C@@H](O)[C@H](OC)C2)CC(=O)[C@H](C)/C=C(/C)[C@H](O)[C@@H](OC)C(=O)[C@H](C)C[C@H](C)\C=C/C=C\C=C/1C. The lowest BCUT2D eigenvalue weighted by Crippen LogP contribution is -2.61. The van der Waals surface area contributed by atoms with Crippen molar-refractivity contribution in [1.29, 1.82) is 0 Å². The molecule has 14 nitrogen and oxygen atoms in total. The van der Waals surface area contributed by atoms with E-state index in [1.54, 1.807) is 41.1 Å². The molecule has 3 N–H and O–H groups in total. The lowest BCUT2D eigenvalue weighted by atomic mass is 9.78. The fourth-order valence-corrected chi connectivity index (χ4v) is 10.1. The molecule has 1 amide bonds. The Kier molecular flexibility index (Phi) is 21.0. The van der Waals surface area contributed by atoms with E-state index in [1.807, 2.05) is 58.1 Å². The zero-order valence-electron chi connectivity index (χ0n) is 40.6. The summed E-state index contributed by atoms with van der Waals surface area (Å²) in [5, 5.41) is 33.8. The third-order valence-corrected chi connectivity index (χ3v) is 14.5. The number of methoxy groups -OCH3 is 3. The summed E-state index contributed by atoms with van der Waals surface area (Å²) in [5.41, 5.74) is 1.27. The molecule has 14 heteroatoms. The average Bonchev–Trinajstić information content (AvgIpc) is 3.28. The molecular weight excluding hydrogens is 835 g/mol. The number of carbonyl (C=O) groups is 5. The fraction of sp³-hybridized carbons (Fsp3) is 0.745. The topological polar surface area (TPSA) is 195 Å². The van der Waals surface area contributed by atoms with Crippen LogP contribution in [0.2, 0.25) is 0 Å². The first-order chi connectivity index (χ1) is 30.7. The third-order valence-electron chi connectivity index (χ3n) is 14.5. The minimum absolute atomic E-state index is 0.0193. The molecule has 4 rings (SSSR count). The number of aliphatic hydroxyl groups excluding tert-OH is 2. The molecule has 1 saturated carbocycles. The number of rotatable bonds is 6. The molecule has 3 heterocycles. The van der Waals surface area contributed by atoms with Gasteiger partial charge in [-0.1, -0.05) is 71.1 Å². The summed E-state index contributed by atoms with van der Waals surface area (Å²) in [4.78, 5) is 71.8. The summed E-state index contributed by atoms with van der Waals surface area (Å²) >= 11 is 0. The van der Waals surface area contributed by atoms with Crippen molar-refractivity contribution in [2.45, 2.75) is 180 Å². The number of hydrogen-bond donors (Lipinski definition) is 3. The Morgan fingerprint density at radius 1 is 0.846 bits per heavy atom. The average molecular weight is 914 g/mol. The highest BCUT2D eigenvalue weighted by molar-refractivity contribution is 6.39. The molecule has 0 unspecified atom stereocenters. The summed E-state index contributed by atoms with van der Waals surface area (Å²) in [6.07, 6.45) is 11.2. The van der Waals surface area contributed by atoms with Gasteiger partial charge in [0.15, 0.2) is 5.78 Å². The smallest absolute Gasteiger partial charge is 0.329 e. The highest BCUT2D eigenvalue weighted by Gasteiger charge is 2.53. The zero-order chi connectivity index (χ0) is 48.2. The van der Waals surface area contributed by atoms with Gasteiger partial charge in [-0.25, -0.2) is 4.79 Å². The molecule has 3 aliphatic heterocycles. The van der Waals surface area contributed by atoms with Crippen LogP contribution in [0.3, 0.4) is 0 Å². The Bertz CT molecular complexity index is 1760. The van der Waals surface area contributed by atoms with E-state index in [9.17, 15) is 39.3 Å². The number of aliphatic hydroxyl groups is 3. The van der Waals surface area contributed by atoms with Crippen LogP contribution in [0.1, 0.15) is 126 Å². The number of carbonyl (C=O) groups excluding carboxylic acids is 5. The fourth-order valence-electron chi connectivity index (χ4n) is 10.1. The zero-order valence-corrected chi connectivity index (χ0v) is 40.6. The van der Waals surface area contributed by atoms with Crippen LogP contribution in [0, 0.1) is 35.5 Å². The van der Waals surface area contributed by atoms with Crippen LogP contribution in [-0.2, 0) is 47.7 Å². The quantitative estimate of drug-likeness (QED) is 0.156. The van der Waals surface area contributed by atoms with Gasteiger partial charge < -0.3 is 43.9 Å². The lowest BCUT2D eigenvalue weighted by molar-refractivity contribution is -0.265. The maximum Gasteiger partial charge on any atom is 0.329 e. The molecule has 0 aromatic rings. The number of hydrogen-bond acceptors (Lipinski definition) is 13. The second kappa shape index (κ2) is 25.1. The maximum absolute atomic E-state index is 14.4. The highest BCUT2D eigenvalue weighted by Crippen LogP contribution is 2.38. The number of nitrogens with zero attached hydrogens (tertiary/aromatic N) is 1. The molecule has 0 spiro atoms. The minimum Gasteiger partial charge on any atom is -0.460 e. The van der Waals surface area contributed by atoms with Crippen LogP contribution in [0.25, 0.3) is 0 Å². The Hall–Kier alpha value is -3.37. The van der Waals surface area contributed by atoms with Crippen molar-refractivity contribution in [3.8, 4) is 0 Å². The van der Waals surface area contributed by atoms with Crippen LogP contribution in [0.4, 0.5) is 0 Å². The van der Waals surface area contributed by atoms with E-state index in [4.69, 9.17) is 23.7 Å². The van der Waals surface area contributed by atoms with E-state index in [2.05, 4.69) is 0 Å². The number of Topliss-reactive ketones (excluding diaryl/α,β-unsaturated/α-hetero) is 3. The highest BCUT2D eigenvalue weighted by atomic mass is 16.6. The number of esters is 1. The molecular formula is C51H79NO13. The predicted molar refractivity (Wildman–Crippen MR) is 245 cm³/mol. The van der Waals surface area contributed by atoms with E-state index in [-0.39, 0.29) is 54.8 Å². The Labute approximate surface area is 387 Å². The summed E-state index contributed by atoms with van der Waals surface area (Å²) in [7, 11) is 4.52. The molecule has 65 heavy (non-hydrogen) atoms. The van der Waals surface area contributed by atoms with Crippen molar-refractivity contribution in [1.82, 2.24) is 4.90 Å². The summed E-state index contributed by atoms with van der Waals surface area (Å²) in [6, 6.07) is -1.14. The van der Waals surface area contributed by atoms with Crippen LogP contribution in [0.15, 0.2) is 47.6 Å². The Morgan fingerprint density at radius 2 is 1.57 bits per heavy atom. The van der Waals surface area contributed by atoms with Crippen LogP contribution < -0.4 is 0 Å². The van der Waals surface area contributed by atoms with E-state index in [0.29, 0.717) is 63.4 Å². The first kappa shape index (κ1) is 54.2. The van der Waals surface area contributed by atoms with Crippen molar-refractivity contribution >= 4 is 29.2 Å². The van der Waals surface area contributed by atoms with Gasteiger partial charge in [0.05, 0.1) is 24.4 Å². The van der Waals surface area contributed by atoms with Crippen molar-refractivity contribution in [2.75, 3.05) is 27.9 Å². The molecule has 2 bridgehead atoms. The third kappa shape index (κ3) is 14.3. The molecule has 1 aliphatic carbocycles. The van der Waals surface area contributed by atoms with Gasteiger partial charge in [0.25, 0.3) is 11.7 Å². The Balaban J connectivity index is 1.70. The van der Waals surface area contributed by atoms with Crippen molar-refractivity contribution in [3.63, 3.8) is 0 Å². The van der Waals surface area contributed by atoms with Crippen LogP contribution in [0.5, 0.6) is 0 Å². The second-order valence-corrected chi connectivity index (χ2v) is 19.6. The lowest BCUT2D eigenvalue weighted by Gasteiger charge is -2.42. The van der Waals surface area contributed by atoms with Gasteiger partial charge in [-0.3, -0.25) is 19.2 Å². The number of allylic oxidation sites excluding steroid dienone is 6. The number of amides is 1. The summed E-state index contributed by atoms with van der Waals surface area (Å²) < 4.78 is 29.4. The van der Waals surface area contributed by atoms with Crippen molar-refractivity contribution in [3.05, 3.63) is 47.6 Å². The first-order valence-corrected chi connectivity index (χ1v) is 23.9. The number of cyclic esters (lactones) is 1. The summed E-state index contributed by atoms with van der Waals surface area (Å²) in [5.74, 6) is -7.96. The molecule has 15 atom stereocenters.